The number of benzene rings is 1. The van der Waals surface area contributed by atoms with E-state index < -0.39 is 27.0 Å². The van der Waals surface area contributed by atoms with E-state index in [9.17, 15) is 24.6 Å². The minimum atomic E-state index is -0.999. The van der Waals surface area contributed by atoms with Crippen LogP contribution in [0.3, 0.4) is 0 Å². The molecule has 0 aromatic heterocycles. The van der Waals surface area contributed by atoms with Gasteiger partial charge >= 0.3 is 0 Å². The molecule has 0 bridgehead atoms. The molecule has 0 aliphatic rings. The molecule has 0 saturated carbocycles. The second-order valence-electron chi connectivity index (χ2n) is 2.18. The van der Waals surface area contributed by atoms with E-state index in [-0.39, 0.29) is 0 Å². The molecule has 1 rings (SSSR count). The number of hydrogen-bond acceptors (Lipinski definition) is 4. The SMILES string of the molecule is O=[N+]([O-])c1cc(F)cc([N+](=O)[O-])c1. The van der Waals surface area contributed by atoms with Gasteiger partial charge in [-0.2, -0.15) is 0 Å². The van der Waals surface area contributed by atoms with Crippen LogP contribution in [0.2, 0.25) is 0 Å². The smallest absolute Gasteiger partial charge is 0.258 e. The monoisotopic (exact) mass is 186 g/mol. The largest absolute Gasteiger partial charge is 0.279 e. The molecule has 0 spiro atoms. The van der Waals surface area contributed by atoms with Crippen LogP contribution in [0.1, 0.15) is 0 Å². The molecule has 0 atom stereocenters. The topological polar surface area (TPSA) is 86.3 Å². The summed E-state index contributed by atoms with van der Waals surface area (Å²) in [6.45, 7) is 0. The second kappa shape index (κ2) is 3.13. The van der Waals surface area contributed by atoms with Gasteiger partial charge < -0.3 is 0 Å². The summed E-state index contributed by atoms with van der Waals surface area (Å²) in [5, 5.41) is 20.3. The molecule has 0 heterocycles. The van der Waals surface area contributed by atoms with Crippen molar-refractivity contribution in [2.45, 2.75) is 0 Å². The van der Waals surface area contributed by atoms with Crippen LogP contribution in [0.25, 0.3) is 0 Å². The van der Waals surface area contributed by atoms with Crippen LogP contribution in [0.15, 0.2) is 18.2 Å². The van der Waals surface area contributed by atoms with Gasteiger partial charge in [0.2, 0.25) is 0 Å². The molecule has 0 unspecified atom stereocenters. The van der Waals surface area contributed by atoms with Gasteiger partial charge in [0.15, 0.2) is 0 Å². The highest BCUT2D eigenvalue weighted by atomic mass is 19.1. The van der Waals surface area contributed by atoms with E-state index >= 15 is 0 Å². The van der Waals surface area contributed by atoms with Gasteiger partial charge in [-0.3, -0.25) is 20.2 Å². The van der Waals surface area contributed by atoms with Crippen LogP contribution in [-0.4, -0.2) is 9.85 Å². The van der Waals surface area contributed by atoms with E-state index in [1.807, 2.05) is 0 Å². The lowest BCUT2D eigenvalue weighted by Gasteiger charge is -1.92. The third kappa shape index (κ3) is 1.95. The van der Waals surface area contributed by atoms with Gasteiger partial charge in [-0.05, 0) is 0 Å². The Bertz CT molecular complexity index is 347. The number of halogens is 1. The van der Waals surface area contributed by atoms with Crippen molar-refractivity contribution in [3.63, 3.8) is 0 Å². The van der Waals surface area contributed by atoms with Crippen LogP contribution in [-0.2, 0) is 0 Å². The van der Waals surface area contributed by atoms with Gasteiger partial charge in [0, 0.05) is 0 Å². The highest BCUT2D eigenvalue weighted by molar-refractivity contribution is 5.42. The zero-order chi connectivity index (χ0) is 10.0. The van der Waals surface area contributed by atoms with Crippen LogP contribution >= 0.6 is 0 Å². The number of hydrogen-bond donors (Lipinski definition) is 0. The van der Waals surface area contributed by atoms with Crippen molar-refractivity contribution in [1.82, 2.24) is 0 Å². The Hall–Kier alpha value is -2.05. The maximum absolute atomic E-state index is 12.5. The van der Waals surface area contributed by atoms with Crippen molar-refractivity contribution >= 4 is 11.4 Å². The Balaban J connectivity index is 3.26. The molecule has 68 valence electrons. The van der Waals surface area contributed by atoms with Crippen LogP contribution < -0.4 is 0 Å². The van der Waals surface area contributed by atoms with Crippen LogP contribution in [0.4, 0.5) is 15.8 Å². The van der Waals surface area contributed by atoms with Gasteiger partial charge in [0.1, 0.15) is 5.82 Å². The Morgan fingerprint density at radius 1 is 1.00 bits per heavy atom. The number of non-ortho nitro benzene ring substituents is 2. The Labute approximate surface area is 70.9 Å². The quantitative estimate of drug-likeness (QED) is 0.518. The molecule has 1 aromatic carbocycles. The lowest BCUT2D eigenvalue weighted by molar-refractivity contribution is -0.394. The zero-order valence-electron chi connectivity index (χ0n) is 6.14. The average molecular weight is 186 g/mol. The van der Waals surface area contributed by atoms with Crippen molar-refractivity contribution in [2.75, 3.05) is 0 Å². The first-order valence-corrected chi connectivity index (χ1v) is 3.10. The molecular formula is C6H3FN2O4. The predicted molar refractivity (Wildman–Crippen MR) is 39.7 cm³/mol. The normalized spacial score (nSPS) is 9.62. The third-order valence-electron chi connectivity index (χ3n) is 1.29. The van der Waals surface area contributed by atoms with Crippen molar-refractivity contribution in [3.05, 3.63) is 44.2 Å². The van der Waals surface area contributed by atoms with Crippen molar-refractivity contribution < 1.29 is 14.2 Å². The van der Waals surface area contributed by atoms with Gasteiger partial charge in [0.05, 0.1) is 28.0 Å². The maximum atomic E-state index is 12.5. The standard InChI is InChI=1S/C6H3FN2O4/c7-4-1-5(8(10)11)3-6(2-4)9(12)13/h1-3H. The van der Waals surface area contributed by atoms with Crippen molar-refractivity contribution in [1.29, 1.82) is 0 Å². The van der Waals surface area contributed by atoms with Crippen LogP contribution in [0, 0.1) is 26.0 Å². The highest BCUT2D eigenvalue weighted by Gasteiger charge is 2.15. The third-order valence-corrected chi connectivity index (χ3v) is 1.29. The van der Waals surface area contributed by atoms with Gasteiger partial charge in [-0.25, -0.2) is 4.39 Å². The number of nitro benzene ring substituents is 2. The molecule has 7 heteroatoms. The fraction of sp³-hybridized carbons (Fsp3) is 0. The molecule has 0 fully saturated rings. The molecule has 6 nitrogen and oxygen atoms in total. The van der Waals surface area contributed by atoms with Gasteiger partial charge in [-0.15, -0.1) is 0 Å². The number of nitrogens with zero attached hydrogens (tertiary/aromatic N) is 2. The predicted octanol–water partition coefficient (Wildman–Crippen LogP) is 1.64. The number of nitro groups is 2. The first kappa shape index (κ1) is 9.04. The fourth-order valence-corrected chi connectivity index (χ4v) is 0.770. The van der Waals surface area contributed by atoms with Crippen molar-refractivity contribution in [3.8, 4) is 0 Å². The van der Waals surface area contributed by atoms with Crippen molar-refractivity contribution in [2.24, 2.45) is 0 Å². The fourth-order valence-electron chi connectivity index (χ4n) is 0.770. The molecule has 0 aliphatic carbocycles. The van der Waals surface area contributed by atoms with E-state index in [2.05, 4.69) is 0 Å². The Morgan fingerprint density at radius 2 is 1.38 bits per heavy atom. The van der Waals surface area contributed by atoms with Crippen LogP contribution in [0.5, 0.6) is 0 Å². The summed E-state index contributed by atoms with van der Waals surface area (Å²) in [7, 11) is 0. The summed E-state index contributed by atoms with van der Waals surface area (Å²) in [6, 6.07) is 1.93. The van der Waals surface area contributed by atoms with Gasteiger partial charge in [0.25, 0.3) is 11.4 Å². The minimum Gasteiger partial charge on any atom is -0.258 e. The lowest BCUT2D eigenvalue weighted by Crippen LogP contribution is -1.93. The van der Waals surface area contributed by atoms with Gasteiger partial charge in [-0.1, -0.05) is 0 Å². The molecule has 1 aromatic rings. The summed E-state index contributed by atoms with van der Waals surface area (Å²) in [5.41, 5.74) is -1.27. The summed E-state index contributed by atoms with van der Waals surface area (Å²) >= 11 is 0. The second-order valence-corrected chi connectivity index (χ2v) is 2.18. The lowest BCUT2D eigenvalue weighted by atomic mass is 10.3. The molecule has 0 saturated heterocycles. The molecule has 0 aliphatic heterocycles. The summed E-state index contributed by atoms with van der Waals surface area (Å²) < 4.78 is 12.5. The number of rotatable bonds is 2. The summed E-state index contributed by atoms with van der Waals surface area (Å²) in [6.07, 6.45) is 0. The highest BCUT2D eigenvalue weighted by Crippen LogP contribution is 2.21. The molecule has 0 radical (unpaired) electrons. The van der Waals surface area contributed by atoms with E-state index in [0.717, 1.165) is 0 Å². The Morgan fingerprint density at radius 3 is 1.69 bits per heavy atom. The summed E-state index contributed by atoms with van der Waals surface area (Å²) in [4.78, 5) is 18.5. The first-order chi connectivity index (χ1) is 6.00. The first-order valence-electron chi connectivity index (χ1n) is 3.10. The van der Waals surface area contributed by atoms with E-state index in [0.29, 0.717) is 18.2 Å². The molecule has 0 N–H and O–H groups in total. The van der Waals surface area contributed by atoms with E-state index in [1.54, 1.807) is 0 Å². The summed E-state index contributed by atoms with van der Waals surface area (Å²) in [5.74, 6) is -0.999. The van der Waals surface area contributed by atoms with E-state index in [1.165, 1.54) is 0 Å². The molecule has 13 heavy (non-hydrogen) atoms. The Kier molecular flexibility index (Phi) is 2.18. The molecular weight excluding hydrogens is 183 g/mol. The minimum absolute atomic E-state index is 0.618. The molecule has 0 amide bonds. The zero-order valence-corrected chi connectivity index (χ0v) is 6.14. The average Bonchev–Trinajstić information content (AvgIpc) is 2.03. The maximum Gasteiger partial charge on any atom is 0.279 e. The van der Waals surface area contributed by atoms with E-state index in [4.69, 9.17) is 0 Å².